The van der Waals surface area contributed by atoms with E-state index in [9.17, 15) is 9.90 Å². The van der Waals surface area contributed by atoms with Crippen molar-refractivity contribution in [3.8, 4) is 5.75 Å². The Bertz CT molecular complexity index is 608. The maximum absolute atomic E-state index is 12.8. The molecular weight excluding hydrogens is 278 g/mol. The first-order valence-corrected chi connectivity index (χ1v) is 8.25. The Kier molecular flexibility index (Phi) is 3.19. The minimum absolute atomic E-state index is 0.0191. The fourth-order valence-corrected chi connectivity index (χ4v) is 4.20. The molecular formula is C18H23NO3. The van der Waals surface area contributed by atoms with Crippen molar-refractivity contribution in [2.45, 2.75) is 50.2 Å². The number of hydrogen-bond acceptors (Lipinski definition) is 3. The highest BCUT2D eigenvalue weighted by Gasteiger charge is 2.50. The number of aliphatic hydroxyl groups excluding tert-OH is 1. The molecule has 4 heteroatoms. The molecule has 1 aromatic carbocycles. The Morgan fingerprint density at radius 3 is 2.82 bits per heavy atom. The van der Waals surface area contributed by atoms with Crippen LogP contribution < -0.4 is 4.74 Å². The van der Waals surface area contributed by atoms with Gasteiger partial charge in [0.05, 0.1) is 13.2 Å². The second-order valence-corrected chi connectivity index (χ2v) is 7.16. The van der Waals surface area contributed by atoms with Crippen LogP contribution in [-0.4, -0.2) is 35.7 Å². The van der Waals surface area contributed by atoms with Gasteiger partial charge in [-0.05, 0) is 55.4 Å². The van der Waals surface area contributed by atoms with E-state index in [1.54, 1.807) is 7.11 Å². The topological polar surface area (TPSA) is 49.8 Å². The Hall–Kier alpha value is -1.55. The number of carbonyl (C=O) groups is 1. The normalized spacial score (nSPS) is 28.5. The van der Waals surface area contributed by atoms with Crippen molar-refractivity contribution in [2.75, 3.05) is 13.7 Å². The highest BCUT2D eigenvalue weighted by atomic mass is 16.5. The van der Waals surface area contributed by atoms with E-state index in [0.29, 0.717) is 13.0 Å². The molecule has 0 aromatic heterocycles. The number of ether oxygens (including phenoxy) is 1. The number of amides is 1. The van der Waals surface area contributed by atoms with Gasteiger partial charge in [-0.3, -0.25) is 4.79 Å². The Morgan fingerprint density at radius 2 is 2.18 bits per heavy atom. The molecule has 1 heterocycles. The number of nitrogens with zero attached hydrogens (tertiary/aromatic N) is 1. The molecule has 1 N–H and O–H groups in total. The summed E-state index contributed by atoms with van der Waals surface area (Å²) in [7, 11) is 1.70. The smallest absolute Gasteiger partial charge is 0.226 e. The van der Waals surface area contributed by atoms with Gasteiger partial charge in [0.15, 0.2) is 0 Å². The molecule has 22 heavy (non-hydrogen) atoms. The van der Waals surface area contributed by atoms with Crippen LogP contribution in [0.25, 0.3) is 0 Å². The van der Waals surface area contributed by atoms with Crippen LogP contribution in [0.15, 0.2) is 18.2 Å². The molecule has 2 fully saturated rings. The number of fused-ring (bicyclic) bond motifs is 2. The van der Waals surface area contributed by atoms with Gasteiger partial charge in [-0.25, -0.2) is 0 Å². The summed E-state index contributed by atoms with van der Waals surface area (Å²) in [6.45, 7) is 1.53. The molecule has 1 spiro atoms. The highest BCUT2D eigenvalue weighted by Crippen LogP contribution is 2.53. The van der Waals surface area contributed by atoms with Gasteiger partial charge in [0.25, 0.3) is 0 Å². The van der Waals surface area contributed by atoms with Crippen LogP contribution in [0.3, 0.4) is 0 Å². The molecule has 1 amide bonds. The van der Waals surface area contributed by atoms with Gasteiger partial charge in [-0.1, -0.05) is 6.07 Å². The summed E-state index contributed by atoms with van der Waals surface area (Å²) in [6.07, 6.45) is 4.26. The van der Waals surface area contributed by atoms with Gasteiger partial charge >= 0.3 is 0 Å². The quantitative estimate of drug-likeness (QED) is 0.911. The largest absolute Gasteiger partial charge is 0.497 e. The van der Waals surface area contributed by atoms with Crippen molar-refractivity contribution in [3.05, 3.63) is 29.3 Å². The maximum Gasteiger partial charge on any atom is 0.226 e. The molecule has 0 unspecified atom stereocenters. The van der Waals surface area contributed by atoms with E-state index in [-0.39, 0.29) is 23.3 Å². The molecule has 0 bridgehead atoms. The number of hydrogen-bond donors (Lipinski definition) is 1. The fourth-order valence-electron chi connectivity index (χ4n) is 4.20. The van der Waals surface area contributed by atoms with Gasteiger partial charge in [-0.15, -0.1) is 0 Å². The molecule has 0 radical (unpaired) electrons. The predicted molar refractivity (Wildman–Crippen MR) is 82.7 cm³/mol. The average molecular weight is 301 g/mol. The van der Waals surface area contributed by atoms with Crippen LogP contribution >= 0.6 is 0 Å². The van der Waals surface area contributed by atoms with Crippen LogP contribution in [-0.2, 0) is 16.8 Å². The van der Waals surface area contributed by atoms with Crippen LogP contribution in [0.1, 0.15) is 43.2 Å². The van der Waals surface area contributed by atoms with Crippen molar-refractivity contribution >= 4 is 5.91 Å². The molecule has 2 saturated carbocycles. The zero-order valence-electron chi connectivity index (χ0n) is 13.0. The lowest BCUT2D eigenvalue weighted by Crippen LogP contribution is -2.44. The first kappa shape index (κ1) is 14.1. The number of rotatable bonds is 2. The third-order valence-electron chi connectivity index (χ3n) is 5.66. The molecule has 1 aliphatic heterocycles. The van der Waals surface area contributed by atoms with E-state index in [2.05, 4.69) is 12.1 Å². The van der Waals surface area contributed by atoms with Crippen LogP contribution in [0, 0.1) is 5.92 Å². The van der Waals surface area contributed by atoms with Gasteiger partial charge < -0.3 is 14.7 Å². The highest BCUT2D eigenvalue weighted by molar-refractivity contribution is 5.80. The minimum Gasteiger partial charge on any atom is -0.497 e. The minimum atomic E-state index is -0.287. The Morgan fingerprint density at radius 1 is 1.36 bits per heavy atom. The Balaban J connectivity index is 1.59. The second kappa shape index (κ2) is 4.98. The summed E-state index contributed by atoms with van der Waals surface area (Å²) in [5.74, 6) is 1.17. The third-order valence-corrected chi connectivity index (χ3v) is 5.66. The summed E-state index contributed by atoms with van der Waals surface area (Å²) >= 11 is 0. The molecule has 0 saturated heterocycles. The van der Waals surface area contributed by atoms with Crippen molar-refractivity contribution < 1.29 is 14.6 Å². The molecule has 2 aliphatic carbocycles. The van der Waals surface area contributed by atoms with Crippen LogP contribution in [0.4, 0.5) is 0 Å². The van der Waals surface area contributed by atoms with Crippen molar-refractivity contribution in [2.24, 2.45) is 5.92 Å². The zero-order valence-corrected chi connectivity index (χ0v) is 13.0. The fraction of sp³-hybridized carbons (Fsp3) is 0.611. The molecule has 4 nitrogen and oxygen atoms in total. The number of benzene rings is 1. The van der Waals surface area contributed by atoms with E-state index in [0.717, 1.165) is 38.0 Å². The van der Waals surface area contributed by atoms with Crippen molar-refractivity contribution in [1.82, 2.24) is 4.90 Å². The lowest BCUT2D eigenvalue weighted by atomic mass is 9.86. The Labute approximate surface area is 131 Å². The number of carbonyl (C=O) groups excluding carboxylic acids is 1. The summed E-state index contributed by atoms with van der Waals surface area (Å²) in [4.78, 5) is 14.8. The van der Waals surface area contributed by atoms with E-state index >= 15 is 0 Å². The van der Waals surface area contributed by atoms with E-state index < -0.39 is 0 Å². The summed E-state index contributed by atoms with van der Waals surface area (Å²) in [5, 5.41) is 9.69. The molecule has 118 valence electrons. The maximum atomic E-state index is 12.8. The SMILES string of the molecule is COc1ccc2c(c1)C1(CC1)CN(C(=O)[C@@H]1CC[C@@H](O)C1)C2. The van der Waals surface area contributed by atoms with Crippen molar-refractivity contribution in [1.29, 1.82) is 0 Å². The summed E-state index contributed by atoms with van der Waals surface area (Å²) in [6, 6.07) is 6.25. The monoisotopic (exact) mass is 301 g/mol. The lowest BCUT2D eigenvalue weighted by molar-refractivity contribution is -0.137. The summed E-state index contributed by atoms with van der Waals surface area (Å²) in [5.41, 5.74) is 2.80. The molecule has 1 aromatic rings. The first-order chi connectivity index (χ1) is 10.6. The standard InChI is InChI=1S/C18H23NO3/c1-22-15-5-3-13-10-19(11-18(6-7-18)16(13)9-15)17(21)12-2-4-14(20)8-12/h3,5,9,12,14,20H,2,4,6-8,10-11H2,1H3/t12-,14-/m1/s1. The number of methoxy groups -OCH3 is 1. The van der Waals surface area contributed by atoms with E-state index in [1.807, 2.05) is 11.0 Å². The van der Waals surface area contributed by atoms with E-state index in [1.165, 1.54) is 11.1 Å². The molecule has 4 rings (SSSR count). The second-order valence-electron chi connectivity index (χ2n) is 7.16. The predicted octanol–water partition coefficient (Wildman–Crippen LogP) is 2.23. The van der Waals surface area contributed by atoms with Crippen LogP contribution in [0.5, 0.6) is 5.75 Å². The molecule has 2 atom stereocenters. The van der Waals surface area contributed by atoms with Crippen LogP contribution in [0.2, 0.25) is 0 Å². The van der Waals surface area contributed by atoms with Gasteiger partial charge in [0.1, 0.15) is 5.75 Å². The zero-order chi connectivity index (χ0) is 15.3. The third kappa shape index (κ3) is 2.21. The summed E-state index contributed by atoms with van der Waals surface area (Å²) < 4.78 is 5.36. The van der Waals surface area contributed by atoms with Crippen molar-refractivity contribution in [3.63, 3.8) is 0 Å². The van der Waals surface area contributed by atoms with Gasteiger partial charge in [-0.2, -0.15) is 0 Å². The van der Waals surface area contributed by atoms with Gasteiger partial charge in [0, 0.05) is 24.4 Å². The van der Waals surface area contributed by atoms with E-state index in [4.69, 9.17) is 4.74 Å². The number of aliphatic hydroxyl groups is 1. The average Bonchev–Trinajstić information content (AvgIpc) is 3.16. The van der Waals surface area contributed by atoms with Gasteiger partial charge in [0.2, 0.25) is 5.91 Å². The lowest BCUT2D eigenvalue weighted by Gasteiger charge is -2.36. The first-order valence-electron chi connectivity index (χ1n) is 8.25. The molecule has 3 aliphatic rings.